The second-order valence-corrected chi connectivity index (χ2v) is 17.5. The Labute approximate surface area is 405 Å². The molecule has 0 aliphatic heterocycles. The number of aryl methyl sites for hydroxylation is 2. The Morgan fingerprint density at radius 2 is 0.853 bits per heavy atom. The van der Waals surface area contributed by atoms with Crippen LogP contribution in [-0.4, -0.2) is 30.6 Å². The van der Waals surface area contributed by atoms with Gasteiger partial charge < -0.3 is 37.5 Å². The average molecular weight is 939 g/mol. The van der Waals surface area contributed by atoms with Gasteiger partial charge in [0.05, 0.1) is 28.2 Å². The van der Waals surface area contributed by atoms with Crippen LogP contribution in [0.3, 0.4) is 0 Å². The first kappa shape index (κ1) is 47.9. The summed E-state index contributed by atoms with van der Waals surface area (Å²) in [4.78, 5) is 35.5. The first-order valence-corrected chi connectivity index (χ1v) is 24.0. The highest BCUT2D eigenvalue weighted by atomic mass is 32.1. The monoisotopic (exact) mass is 938 g/mol. The van der Waals surface area contributed by atoms with Gasteiger partial charge in [-0.3, -0.25) is 9.59 Å². The number of carbonyl (C=O) groups excluding carboxylic acids is 2. The van der Waals surface area contributed by atoms with Crippen molar-refractivity contribution in [3.8, 4) is 5.75 Å². The van der Waals surface area contributed by atoms with Crippen molar-refractivity contribution in [1.82, 2.24) is 0 Å². The van der Waals surface area contributed by atoms with Crippen molar-refractivity contribution in [3.05, 3.63) is 208 Å². The van der Waals surface area contributed by atoms with E-state index in [1.54, 1.807) is 29.8 Å². The molecule has 0 bridgehead atoms. The number of thiophene rings is 2. The minimum Gasteiger partial charge on any atom is -0.497 e. The van der Waals surface area contributed by atoms with Crippen molar-refractivity contribution in [2.24, 2.45) is 21.5 Å². The Balaban J connectivity index is 0.000000202. The smallest absolute Gasteiger partial charge is 0.224 e. The number of amidine groups is 2. The molecule has 8 rings (SSSR count). The lowest BCUT2D eigenvalue weighted by atomic mass is 10.1. The number of nitrogens with zero attached hydrogens (tertiary/aromatic N) is 2. The third-order valence-corrected chi connectivity index (χ3v) is 12.2. The zero-order valence-electron chi connectivity index (χ0n) is 37.7. The summed E-state index contributed by atoms with van der Waals surface area (Å²) in [5, 5.41) is 16.5. The molecular weight excluding hydrogens is 885 g/mol. The number of carbonyl (C=O) groups is 2. The number of methoxy groups -OCH3 is 1. The molecule has 11 nitrogen and oxygen atoms in total. The molecule has 0 radical (unpaired) electrons. The lowest BCUT2D eigenvalue weighted by Gasteiger charge is -2.09. The van der Waals surface area contributed by atoms with Gasteiger partial charge in [0.15, 0.2) is 0 Å². The van der Waals surface area contributed by atoms with Crippen molar-refractivity contribution in [3.63, 3.8) is 0 Å². The molecular formula is C55H54N8O3S2. The lowest BCUT2D eigenvalue weighted by molar-refractivity contribution is -0.117. The maximum atomic E-state index is 12.4. The fourth-order valence-corrected chi connectivity index (χ4v) is 8.12. The van der Waals surface area contributed by atoms with Crippen molar-refractivity contribution in [1.29, 1.82) is 0 Å². The Kier molecular flexibility index (Phi) is 17.7. The maximum Gasteiger partial charge on any atom is 0.224 e. The molecule has 2 amide bonds. The fourth-order valence-electron chi connectivity index (χ4n) is 6.87. The summed E-state index contributed by atoms with van der Waals surface area (Å²) < 4.78 is 5.18. The number of benzene rings is 6. The largest absolute Gasteiger partial charge is 0.497 e. The number of amides is 2. The summed E-state index contributed by atoms with van der Waals surface area (Å²) in [7, 11) is 1.65. The van der Waals surface area contributed by atoms with E-state index in [4.69, 9.17) is 16.2 Å². The number of rotatable bonds is 19. The van der Waals surface area contributed by atoms with Crippen LogP contribution in [0.1, 0.15) is 46.6 Å². The predicted molar refractivity (Wildman–Crippen MR) is 284 cm³/mol. The summed E-state index contributed by atoms with van der Waals surface area (Å²) in [6.45, 7) is 0. The van der Waals surface area contributed by atoms with Gasteiger partial charge in [-0.2, -0.15) is 0 Å². The van der Waals surface area contributed by atoms with E-state index in [1.165, 1.54) is 11.1 Å². The Hall–Kier alpha value is -8.00. The molecule has 13 heteroatoms. The Morgan fingerprint density at radius 3 is 1.24 bits per heavy atom. The summed E-state index contributed by atoms with van der Waals surface area (Å²) in [6.07, 6.45) is 4.12. The number of aliphatic imine (C=N–C) groups is 2. The molecule has 0 spiro atoms. The van der Waals surface area contributed by atoms with Crippen molar-refractivity contribution < 1.29 is 14.3 Å². The maximum absolute atomic E-state index is 12.4. The van der Waals surface area contributed by atoms with Gasteiger partial charge >= 0.3 is 0 Å². The molecule has 8 aromatic rings. The zero-order chi connectivity index (χ0) is 47.3. The molecule has 0 aliphatic carbocycles. The normalized spacial score (nSPS) is 11.2. The Bertz CT molecular complexity index is 2830. The topological polar surface area (TPSA) is 168 Å². The summed E-state index contributed by atoms with van der Waals surface area (Å²) in [5.41, 5.74) is 21.6. The van der Waals surface area contributed by atoms with Gasteiger partial charge in [-0.1, -0.05) is 54.6 Å². The minimum atomic E-state index is 0.00538. The minimum absolute atomic E-state index is 0.00538. The molecule has 0 aliphatic rings. The second-order valence-electron chi connectivity index (χ2n) is 15.6. The second kappa shape index (κ2) is 25.1. The highest BCUT2D eigenvalue weighted by Gasteiger charge is 2.07. The molecule has 0 fully saturated rings. The molecule has 0 saturated carbocycles. The molecule has 0 unspecified atom stereocenters. The van der Waals surface area contributed by atoms with Crippen molar-refractivity contribution in [2.45, 2.75) is 38.5 Å². The van der Waals surface area contributed by atoms with Crippen LogP contribution < -0.4 is 37.5 Å². The van der Waals surface area contributed by atoms with E-state index in [0.717, 1.165) is 86.7 Å². The number of nitrogens with one attached hydrogen (secondary N) is 4. The molecule has 344 valence electrons. The van der Waals surface area contributed by atoms with E-state index in [-0.39, 0.29) is 11.8 Å². The Morgan fingerprint density at radius 1 is 0.471 bits per heavy atom. The highest BCUT2D eigenvalue weighted by molar-refractivity contribution is 7.12. The number of anilines is 6. The van der Waals surface area contributed by atoms with Crippen LogP contribution in [-0.2, 0) is 22.4 Å². The highest BCUT2D eigenvalue weighted by Crippen LogP contribution is 2.24. The predicted octanol–water partition coefficient (Wildman–Crippen LogP) is 13.0. The average Bonchev–Trinajstić information content (AvgIpc) is 4.12. The van der Waals surface area contributed by atoms with Gasteiger partial charge in [0.1, 0.15) is 17.4 Å². The first-order chi connectivity index (χ1) is 33.2. The number of hydrogen-bond acceptors (Lipinski definition) is 9. The molecule has 0 saturated heterocycles. The van der Waals surface area contributed by atoms with Gasteiger partial charge in [-0.25, -0.2) is 9.98 Å². The number of nitrogens with two attached hydrogens (primary N) is 2. The number of para-hydroxylation sites is 1. The number of hydrogen-bond donors (Lipinski definition) is 6. The van der Waals surface area contributed by atoms with E-state index in [0.29, 0.717) is 24.5 Å². The van der Waals surface area contributed by atoms with Crippen molar-refractivity contribution in [2.75, 3.05) is 28.4 Å². The van der Waals surface area contributed by atoms with Gasteiger partial charge in [0.25, 0.3) is 0 Å². The SMILES string of the molecule is COc1ccc(Nc2ccc(NC(=O)CCCc3ccc(N=C(N)c4cccs4)cc3)cc2)cc1.NC(=Nc1ccc(CCCC(=O)Nc2ccc(Nc3ccccc3)cc2)cc1)c1cccs1. The third-order valence-electron chi connectivity index (χ3n) is 10.4. The van der Waals surface area contributed by atoms with Crippen LogP contribution in [0.15, 0.2) is 197 Å². The van der Waals surface area contributed by atoms with Crippen molar-refractivity contribution >= 4 is 91.7 Å². The summed E-state index contributed by atoms with van der Waals surface area (Å²) >= 11 is 3.14. The van der Waals surface area contributed by atoms with Crippen LogP contribution >= 0.6 is 22.7 Å². The molecule has 6 aromatic carbocycles. The molecule has 2 aromatic heterocycles. The zero-order valence-corrected chi connectivity index (χ0v) is 39.4. The molecule has 0 atom stereocenters. The van der Waals surface area contributed by atoms with Crippen LogP contribution in [0.5, 0.6) is 5.75 Å². The molecule has 8 N–H and O–H groups in total. The van der Waals surface area contributed by atoms with E-state index in [2.05, 4.69) is 31.3 Å². The van der Waals surface area contributed by atoms with Crippen LogP contribution in [0, 0.1) is 0 Å². The third kappa shape index (κ3) is 15.6. The molecule has 2 heterocycles. The van der Waals surface area contributed by atoms with E-state index in [1.807, 2.05) is 187 Å². The van der Waals surface area contributed by atoms with Crippen LogP contribution in [0.2, 0.25) is 0 Å². The van der Waals surface area contributed by atoms with Gasteiger partial charge in [0.2, 0.25) is 11.8 Å². The fraction of sp³-hybridized carbons (Fsp3) is 0.127. The van der Waals surface area contributed by atoms with E-state index in [9.17, 15) is 9.59 Å². The van der Waals surface area contributed by atoms with Gasteiger partial charge in [-0.15, -0.1) is 22.7 Å². The standard InChI is InChI=1S/C28H28N4O2S.C27H26N4OS/c1-34-25-17-15-22(16-18-25)30-21-11-13-23(14-12-21)31-27(33)6-2-4-20-7-9-24(10-8-20)32-28(29)26-5-3-19-35-26;28-27(25-9-5-19-33-25)31-24-13-11-20(12-14-24)6-4-10-26(32)30-23-17-15-22(16-18-23)29-21-7-2-1-3-8-21/h3,5,7-19,30H,2,4,6H2,1H3,(H2,29,32)(H,31,33);1-3,5,7-9,11-19,29H,4,6,10H2,(H2,28,31)(H,30,32). The lowest BCUT2D eigenvalue weighted by Crippen LogP contribution is -2.11. The van der Waals surface area contributed by atoms with E-state index >= 15 is 0 Å². The first-order valence-electron chi connectivity index (χ1n) is 22.2. The van der Waals surface area contributed by atoms with E-state index < -0.39 is 0 Å². The summed E-state index contributed by atoms with van der Waals surface area (Å²) in [6, 6.07) is 56.9. The van der Waals surface area contributed by atoms with Crippen LogP contribution in [0.25, 0.3) is 0 Å². The van der Waals surface area contributed by atoms with Crippen LogP contribution in [0.4, 0.5) is 45.5 Å². The van der Waals surface area contributed by atoms with Gasteiger partial charge in [-0.05, 0) is 169 Å². The summed E-state index contributed by atoms with van der Waals surface area (Å²) in [5.74, 6) is 1.89. The number of ether oxygens (including phenoxy) is 1. The quantitative estimate of drug-likeness (QED) is 0.0346. The van der Waals surface area contributed by atoms with Gasteiger partial charge in [0, 0.05) is 47.0 Å². The molecule has 68 heavy (non-hydrogen) atoms.